The van der Waals surface area contributed by atoms with Crippen molar-refractivity contribution in [2.45, 2.75) is 4.90 Å². The quantitative estimate of drug-likeness (QED) is 0.671. The second-order valence-electron chi connectivity index (χ2n) is 6.15. The summed E-state index contributed by atoms with van der Waals surface area (Å²) in [5, 5.41) is 13.4. The van der Waals surface area contributed by atoms with E-state index in [1.165, 1.54) is 67.7 Å². The maximum atomic E-state index is 12.7. The summed E-state index contributed by atoms with van der Waals surface area (Å²) < 4.78 is 26.5. The Hall–Kier alpha value is -3.65. The van der Waals surface area contributed by atoms with Crippen LogP contribution in [0.15, 0.2) is 83.8 Å². The standard InChI is InChI=1S/C21H18N2O5S/c1-23(29(27,28)19-5-3-2-4-6-19)18-13-9-15(10-14-18)20(24)22-17-11-7-16(8-12-17)21(25)26/h2-14H,1H3,(H,22,24)(H,25,26)/p-1. The molecule has 0 radical (unpaired) electrons. The van der Waals surface area contributed by atoms with Crippen molar-refractivity contribution in [2.24, 2.45) is 0 Å². The predicted molar refractivity (Wildman–Crippen MR) is 107 cm³/mol. The van der Waals surface area contributed by atoms with Crippen LogP contribution in [0.5, 0.6) is 0 Å². The molecule has 1 amide bonds. The SMILES string of the molecule is CN(c1ccc(C(=O)Nc2ccc(C(=O)[O-])cc2)cc1)S(=O)(=O)c1ccccc1. The van der Waals surface area contributed by atoms with Gasteiger partial charge in [0, 0.05) is 18.3 Å². The van der Waals surface area contributed by atoms with Crippen molar-refractivity contribution in [3.8, 4) is 0 Å². The largest absolute Gasteiger partial charge is 0.545 e. The lowest BCUT2D eigenvalue weighted by atomic mass is 10.1. The van der Waals surface area contributed by atoms with Crippen molar-refractivity contribution in [3.05, 3.63) is 90.0 Å². The summed E-state index contributed by atoms with van der Waals surface area (Å²) in [5.74, 6) is -1.71. The predicted octanol–water partition coefficient (Wildman–Crippen LogP) is 2.13. The van der Waals surface area contributed by atoms with E-state index in [1.807, 2.05) is 0 Å². The van der Waals surface area contributed by atoms with Crippen LogP contribution < -0.4 is 14.7 Å². The molecule has 0 unspecified atom stereocenters. The van der Waals surface area contributed by atoms with Crippen LogP contribution in [0.3, 0.4) is 0 Å². The Morgan fingerprint density at radius 1 is 0.828 bits per heavy atom. The van der Waals surface area contributed by atoms with Gasteiger partial charge >= 0.3 is 0 Å². The number of sulfonamides is 1. The van der Waals surface area contributed by atoms with E-state index in [9.17, 15) is 23.1 Å². The molecule has 0 spiro atoms. The lowest BCUT2D eigenvalue weighted by molar-refractivity contribution is -0.255. The molecule has 0 aliphatic carbocycles. The normalized spacial score (nSPS) is 10.9. The van der Waals surface area contributed by atoms with Gasteiger partial charge in [-0.05, 0) is 54.1 Å². The molecule has 0 aliphatic heterocycles. The summed E-state index contributed by atoms with van der Waals surface area (Å²) in [6.07, 6.45) is 0. The van der Waals surface area contributed by atoms with Gasteiger partial charge in [0.1, 0.15) is 0 Å². The van der Waals surface area contributed by atoms with Crippen molar-refractivity contribution >= 4 is 33.3 Å². The van der Waals surface area contributed by atoms with Gasteiger partial charge in [0.15, 0.2) is 0 Å². The maximum absolute atomic E-state index is 12.7. The summed E-state index contributed by atoms with van der Waals surface area (Å²) in [5.41, 5.74) is 1.16. The summed E-state index contributed by atoms with van der Waals surface area (Å²) in [6, 6.07) is 19.7. The molecule has 1 N–H and O–H groups in total. The van der Waals surface area contributed by atoms with E-state index >= 15 is 0 Å². The number of nitrogens with zero attached hydrogens (tertiary/aromatic N) is 1. The minimum absolute atomic E-state index is 0.00927. The Morgan fingerprint density at radius 2 is 1.38 bits per heavy atom. The van der Waals surface area contributed by atoms with Gasteiger partial charge in [0.25, 0.3) is 15.9 Å². The molecule has 7 nitrogen and oxygen atoms in total. The molecule has 3 aromatic carbocycles. The molecule has 0 saturated carbocycles. The van der Waals surface area contributed by atoms with Crippen molar-refractivity contribution in [1.82, 2.24) is 0 Å². The maximum Gasteiger partial charge on any atom is 0.264 e. The third-order valence-corrected chi connectivity index (χ3v) is 6.07. The molecule has 3 aromatic rings. The summed E-state index contributed by atoms with van der Waals surface area (Å²) in [4.78, 5) is 23.3. The first-order valence-corrected chi connectivity index (χ1v) is 10.00. The van der Waals surface area contributed by atoms with Crippen LogP contribution in [0, 0.1) is 0 Å². The molecule has 0 fully saturated rings. The van der Waals surface area contributed by atoms with E-state index < -0.39 is 21.9 Å². The average Bonchev–Trinajstić information content (AvgIpc) is 2.74. The zero-order valence-electron chi connectivity index (χ0n) is 15.4. The Balaban J connectivity index is 1.74. The van der Waals surface area contributed by atoms with Crippen molar-refractivity contribution in [2.75, 3.05) is 16.7 Å². The van der Waals surface area contributed by atoms with Crippen LogP contribution in [0.1, 0.15) is 20.7 Å². The van der Waals surface area contributed by atoms with Crippen LogP contribution in [0.2, 0.25) is 0 Å². The van der Waals surface area contributed by atoms with E-state index in [1.54, 1.807) is 18.2 Å². The first-order chi connectivity index (χ1) is 13.8. The molecule has 0 bridgehead atoms. The Labute approximate surface area is 168 Å². The van der Waals surface area contributed by atoms with E-state index in [4.69, 9.17) is 0 Å². The number of nitrogens with one attached hydrogen (secondary N) is 1. The van der Waals surface area contributed by atoms with Gasteiger partial charge in [-0.1, -0.05) is 30.3 Å². The second-order valence-corrected chi connectivity index (χ2v) is 8.12. The number of carboxylic acid groups (broad SMARTS) is 1. The molecular formula is C21H17N2O5S-. The van der Waals surface area contributed by atoms with E-state index in [0.29, 0.717) is 16.9 Å². The van der Waals surface area contributed by atoms with Crippen LogP contribution in [-0.2, 0) is 10.0 Å². The van der Waals surface area contributed by atoms with Gasteiger partial charge in [0.05, 0.1) is 16.6 Å². The van der Waals surface area contributed by atoms with Gasteiger partial charge in [-0.3, -0.25) is 9.10 Å². The van der Waals surface area contributed by atoms with Gasteiger partial charge in [-0.15, -0.1) is 0 Å². The highest BCUT2D eigenvalue weighted by Crippen LogP contribution is 2.22. The molecular weight excluding hydrogens is 392 g/mol. The fourth-order valence-electron chi connectivity index (χ4n) is 2.60. The minimum Gasteiger partial charge on any atom is -0.545 e. The van der Waals surface area contributed by atoms with Gasteiger partial charge in [0.2, 0.25) is 0 Å². The smallest absolute Gasteiger partial charge is 0.264 e. The number of anilines is 2. The number of hydrogen-bond donors (Lipinski definition) is 1. The second kappa shape index (κ2) is 8.15. The Bertz CT molecular complexity index is 1130. The highest BCUT2D eigenvalue weighted by Gasteiger charge is 2.21. The Kier molecular flexibility index (Phi) is 5.65. The van der Waals surface area contributed by atoms with Crippen LogP contribution in [0.4, 0.5) is 11.4 Å². The van der Waals surface area contributed by atoms with Crippen molar-refractivity contribution in [3.63, 3.8) is 0 Å². The Morgan fingerprint density at radius 3 is 1.93 bits per heavy atom. The number of carbonyl (C=O) groups is 2. The molecule has 0 heterocycles. The monoisotopic (exact) mass is 409 g/mol. The number of rotatable bonds is 6. The molecule has 0 aliphatic rings. The summed E-state index contributed by atoms with van der Waals surface area (Å²) in [6.45, 7) is 0. The molecule has 8 heteroatoms. The minimum atomic E-state index is -3.71. The summed E-state index contributed by atoms with van der Waals surface area (Å²) in [7, 11) is -2.26. The highest BCUT2D eigenvalue weighted by atomic mass is 32.2. The van der Waals surface area contributed by atoms with Crippen molar-refractivity contribution < 1.29 is 23.1 Å². The van der Waals surface area contributed by atoms with Crippen LogP contribution in [0.25, 0.3) is 0 Å². The van der Waals surface area contributed by atoms with Crippen LogP contribution in [-0.4, -0.2) is 27.3 Å². The molecule has 3 rings (SSSR count). The third-order valence-electron chi connectivity index (χ3n) is 4.27. The number of amides is 1. The molecule has 0 saturated heterocycles. The lowest BCUT2D eigenvalue weighted by Gasteiger charge is -2.19. The number of carbonyl (C=O) groups excluding carboxylic acids is 2. The summed E-state index contributed by atoms with van der Waals surface area (Å²) >= 11 is 0. The van der Waals surface area contributed by atoms with Crippen molar-refractivity contribution in [1.29, 1.82) is 0 Å². The third kappa shape index (κ3) is 4.44. The average molecular weight is 409 g/mol. The van der Waals surface area contributed by atoms with Gasteiger partial charge in [-0.25, -0.2) is 8.42 Å². The highest BCUT2D eigenvalue weighted by molar-refractivity contribution is 7.92. The fraction of sp³-hybridized carbons (Fsp3) is 0.0476. The molecule has 0 aromatic heterocycles. The van der Waals surface area contributed by atoms with E-state index in [-0.39, 0.29) is 10.5 Å². The number of hydrogen-bond acceptors (Lipinski definition) is 5. The van der Waals surface area contributed by atoms with E-state index in [0.717, 1.165) is 4.31 Å². The fourth-order valence-corrected chi connectivity index (χ4v) is 3.82. The molecule has 148 valence electrons. The van der Waals surface area contributed by atoms with Gasteiger partial charge < -0.3 is 15.2 Å². The first-order valence-electron chi connectivity index (χ1n) is 8.56. The van der Waals surface area contributed by atoms with Crippen LogP contribution >= 0.6 is 0 Å². The first kappa shape index (κ1) is 20.1. The molecule has 29 heavy (non-hydrogen) atoms. The number of benzene rings is 3. The number of carboxylic acids is 1. The zero-order valence-corrected chi connectivity index (χ0v) is 16.2. The molecule has 0 atom stereocenters. The lowest BCUT2D eigenvalue weighted by Crippen LogP contribution is -2.26. The van der Waals surface area contributed by atoms with E-state index in [2.05, 4.69) is 5.32 Å². The topological polar surface area (TPSA) is 107 Å². The zero-order chi connectivity index (χ0) is 21.0. The number of aromatic carboxylic acids is 1. The van der Waals surface area contributed by atoms with Gasteiger partial charge in [-0.2, -0.15) is 0 Å².